The average Bonchev–Trinajstić information content (AvgIpc) is 2.42. The van der Waals surface area contributed by atoms with Gasteiger partial charge < -0.3 is 10.6 Å². The van der Waals surface area contributed by atoms with Crippen LogP contribution in [0.2, 0.25) is 5.15 Å². The number of anilines is 1. The molecule has 0 saturated heterocycles. The SMILES string of the molecule is CN(Cc1ccccc1)C(=O)c1cc(N)cnc1Cl. The number of carbonyl (C=O) groups excluding carboxylic acids is 1. The molecule has 0 saturated carbocycles. The van der Waals surface area contributed by atoms with Crippen molar-refractivity contribution in [2.45, 2.75) is 6.54 Å². The van der Waals surface area contributed by atoms with Gasteiger partial charge in [0.2, 0.25) is 0 Å². The number of nitrogen functional groups attached to an aromatic ring is 1. The minimum atomic E-state index is -0.200. The Labute approximate surface area is 116 Å². The van der Waals surface area contributed by atoms with Gasteiger partial charge in [0.25, 0.3) is 5.91 Å². The van der Waals surface area contributed by atoms with Crippen LogP contribution in [0.25, 0.3) is 0 Å². The molecule has 98 valence electrons. The standard InChI is InChI=1S/C14H14ClN3O/c1-18(9-10-5-3-2-4-6-10)14(19)12-7-11(16)8-17-13(12)15/h2-8H,9,16H2,1H3. The van der Waals surface area contributed by atoms with Crippen molar-refractivity contribution in [3.63, 3.8) is 0 Å². The normalized spacial score (nSPS) is 10.2. The predicted octanol–water partition coefficient (Wildman–Crippen LogP) is 2.59. The van der Waals surface area contributed by atoms with Crippen molar-refractivity contribution in [1.29, 1.82) is 0 Å². The van der Waals surface area contributed by atoms with Gasteiger partial charge in [-0.1, -0.05) is 41.9 Å². The monoisotopic (exact) mass is 275 g/mol. The first-order valence-electron chi connectivity index (χ1n) is 5.78. The van der Waals surface area contributed by atoms with Crippen molar-refractivity contribution in [3.05, 3.63) is 58.9 Å². The zero-order chi connectivity index (χ0) is 13.8. The summed E-state index contributed by atoms with van der Waals surface area (Å²) in [5.74, 6) is -0.200. The van der Waals surface area contributed by atoms with E-state index in [1.54, 1.807) is 18.0 Å². The van der Waals surface area contributed by atoms with Crippen molar-refractivity contribution < 1.29 is 4.79 Å². The van der Waals surface area contributed by atoms with Gasteiger partial charge in [-0.15, -0.1) is 0 Å². The van der Waals surface area contributed by atoms with Crippen LogP contribution in [0.15, 0.2) is 42.6 Å². The summed E-state index contributed by atoms with van der Waals surface area (Å²) in [6.45, 7) is 0.505. The van der Waals surface area contributed by atoms with Gasteiger partial charge in [0.05, 0.1) is 17.4 Å². The van der Waals surface area contributed by atoms with E-state index >= 15 is 0 Å². The first-order valence-corrected chi connectivity index (χ1v) is 6.16. The van der Waals surface area contributed by atoms with E-state index in [2.05, 4.69) is 4.98 Å². The van der Waals surface area contributed by atoms with Crippen LogP contribution in [0, 0.1) is 0 Å². The molecule has 2 aromatic rings. The first kappa shape index (κ1) is 13.4. The van der Waals surface area contributed by atoms with Gasteiger partial charge in [-0.05, 0) is 11.6 Å². The lowest BCUT2D eigenvalue weighted by atomic mass is 10.2. The fraction of sp³-hybridized carbons (Fsp3) is 0.143. The summed E-state index contributed by atoms with van der Waals surface area (Å²) in [6.07, 6.45) is 1.43. The molecule has 2 rings (SSSR count). The lowest BCUT2D eigenvalue weighted by Crippen LogP contribution is -2.26. The number of amides is 1. The third kappa shape index (κ3) is 3.23. The molecule has 2 N–H and O–H groups in total. The van der Waals surface area contributed by atoms with E-state index in [9.17, 15) is 4.79 Å². The van der Waals surface area contributed by atoms with Gasteiger partial charge in [0, 0.05) is 13.6 Å². The molecule has 4 nitrogen and oxygen atoms in total. The lowest BCUT2D eigenvalue weighted by Gasteiger charge is -2.18. The summed E-state index contributed by atoms with van der Waals surface area (Å²) >= 11 is 5.92. The molecule has 0 atom stereocenters. The zero-order valence-corrected chi connectivity index (χ0v) is 11.3. The van der Waals surface area contributed by atoms with Crippen molar-refractivity contribution >= 4 is 23.2 Å². The van der Waals surface area contributed by atoms with Crippen LogP contribution < -0.4 is 5.73 Å². The molecule has 1 aromatic heterocycles. The number of nitrogens with two attached hydrogens (primary N) is 1. The fourth-order valence-corrected chi connectivity index (χ4v) is 1.93. The second-order valence-electron chi connectivity index (χ2n) is 4.25. The molecule has 0 bridgehead atoms. The van der Waals surface area contributed by atoms with Crippen molar-refractivity contribution in [2.75, 3.05) is 12.8 Å². The van der Waals surface area contributed by atoms with Crippen LogP contribution in [-0.2, 0) is 6.54 Å². The van der Waals surface area contributed by atoms with Gasteiger partial charge in [-0.3, -0.25) is 4.79 Å². The van der Waals surface area contributed by atoms with E-state index in [0.29, 0.717) is 17.8 Å². The number of rotatable bonds is 3. The maximum atomic E-state index is 12.3. The molecular formula is C14H14ClN3O. The molecule has 0 fully saturated rings. The number of pyridine rings is 1. The predicted molar refractivity (Wildman–Crippen MR) is 75.9 cm³/mol. The third-order valence-electron chi connectivity index (χ3n) is 2.70. The second kappa shape index (κ2) is 5.71. The van der Waals surface area contributed by atoms with E-state index < -0.39 is 0 Å². The topological polar surface area (TPSA) is 59.2 Å². The smallest absolute Gasteiger partial charge is 0.257 e. The zero-order valence-electron chi connectivity index (χ0n) is 10.5. The van der Waals surface area contributed by atoms with Gasteiger partial charge in [-0.25, -0.2) is 4.98 Å². The van der Waals surface area contributed by atoms with Crippen molar-refractivity contribution in [3.8, 4) is 0 Å². The number of benzene rings is 1. The molecule has 5 heteroatoms. The largest absolute Gasteiger partial charge is 0.397 e. The molecular weight excluding hydrogens is 262 g/mol. The Hall–Kier alpha value is -2.07. The van der Waals surface area contributed by atoms with Crippen LogP contribution in [0.1, 0.15) is 15.9 Å². The highest BCUT2D eigenvalue weighted by Crippen LogP contribution is 2.18. The molecule has 19 heavy (non-hydrogen) atoms. The molecule has 0 aliphatic rings. The lowest BCUT2D eigenvalue weighted by molar-refractivity contribution is 0.0785. The number of carbonyl (C=O) groups is 1. The summed E-state index contributed by atoms with van der Waals surface area (Å²) < 4.78 is 0. The molecule has 0 aliphatic heterocycles. The van der Waals surface area contributed by atoms with Crippen LogP contribution in [0.4, 0.5) is 5.69 Å². The third-order valence-corrected chi connectivity index (χ3v) is 3.00. The van der Waals surface area contributed by atoms with Gasteiger partial charge in [0.1, 0.15) is 5.15 Å². The van der Waals surface area contributed by atoms with Crippen LogP contribution in [0.5, 0.6) is 0 Å². The van der Waals surface area contributed by atoms with Gasteiger partial charge in [0.15, 0.2) is 0 Å². The Balaban J connectivity index is 2.17. The summed E-state index contributed by atoms with van der Waals surface area (Å²) in [7, 11) is 1.72. The Morgan fingerprint density at radius 1 is 1.37 bits per heavy atom. The number of halogens is 1. The van der Waals surface area contributed by atoms with Crippen LogP contribution in [0.3, 0.4) is 0 Å². The van der Waals surface area contributed by atoms with Crippen LogP contribution >= 0.6 is 11.6 Å². The highest BCUT2D eigenvalue weighted by atomic mass is 35.5. The highest BCUT2D eigenvalue weighted by molar-refractivity contribution is 6.32. The Morgan fingerprint density at radius 3 is 2.74 bits per heavy atom. The van der Waals surface area contributed by atoms with Crippen molar-refractivity contribution in [1.82, 2.24) is 9.88 Å². The van der Waals surface area contributed by atoms with Crippen LogP contribution in [-0.4, -0.2) is 22.8 Å². The van der Waals surface area contributed by atoms with E-state index in [4.69, 9.17) is 17.3 Å². The number of hydrogen-bond donors (Lipinski definition) is 1. The van der Waals surface area contributed by atoms with E-state index in [0.717, 1.165) is 5.56 Å². The Kier molecular flexibility index (Phi) is 4.02. The van der Waals surface area contributed by atoms with Gasteiger partial charge >= 0.3 is 0 Å². The molecule has 0 unspecified atom stereocenters. The first-order chi connectivity index (χ1) is 9.08. The molecule has 0 radical (unpaired) electrons. The average molecular weight is 276 g/mol. The minimum absolute atomic E-state index is 0.166. The Morgan fingerprint density at radius 2 is 2.05 bits per heavy atom. The van der Waals surface area contributed by atoms with E-state index in [-0.39, 0.29) is 11.1 Å². The van der Waals surface area contributed by atoms with E-state index in [1.165, 1.54) is 6.20 Å². The van der Waals surface area contributed by atoms with Gasteiger partial charge in [-0.2, -0.15) is 0 Å². The number of nitrogens with zero attached hydrogens (tertiary/aromatic N) is 2. The molecule has 0 spiro atoms. The second-order valence-corrected chi connectivity index (χ2v) is 4.61. The maximum Gasteiger partial charge on any atom is 0.257 e. The molecule has 1 amide bonds. The summed E-state index contributed by atoms with van der Waals surface area (Å²) in [4.78, 5) is 17.7. The van der Waals surface area contributed by atoms with Crippen molar-refractivity contribution in [2.24, 2.45) is 0 Å². The quantitative estimate of drug-likeness (QED) is 0.876. The number of hydrogen-bond acceptors (Lipinski definition) is 3. The highest BCUT2D eigenvalue weighted by Gasteiger charge is 2.16. The molecule has 1 aromatic carbocycles. The van der Waals surface area contributed by atoms with E-state index in [1.807, 2.05) is 30.3 Å². The maximum absolute atomic E-state index is 12.3. The molecule has 1 heterocycles. The Bertz CT molecular complexity index is 586. The minimum Gasteiger partial charge on any atom is -0.397 e. The molecule has 0 aliphatic carbocycles. The fourth-order valence-electron chi connectivity index (χ4n) is 1.75. The summed E-state index contributed by atoms with van der Waals surface area (Å²) in [5, 5.41) is 0.166. The number of aromatic nitrogens is 1. The summed E-state index contributed by atoms with van der Waals surface area (Å²) in [5.41, 5.74) is 7.41. The summed E-state index contributed by atoms with van der Waals surface area (Å²) in [6, 6.07) is 11.3.